The summed E-state index contributed by atoms with van der Waals surface area (Å²) in [5.74, 6) is -0.765. The van der Waals surface area contributed by atoms with Crippen molar-refractivity contribution < 1.29 is 14.3 Å². The molecule has 2 aromatic carbocycles. The van der Waals surface area contributed by atoms with Crippen molar-refractivity contribution in [2.75, 3.05) is 6.61 Å². The highest BCUT2D eigenvalue weighted by Crippen LogP contribution is 2.47. The van der Waals surface area contributed by atoms with E-state index in [1.807, 2.05) is 55.5 Å². The lowest BCUT2D eigenvalue weighted by Crippen LogP contribution is -2.54. The SMILES string of the molecule is C=CC[C@H]1C[C@H](c2cccc(Cl)c2)C(c2ccc(Cl)cc2)N([C@@H](CC)C(=O)OCC)C1=O. The van der Waals surface area contributed by atoms with Crippen LogP contribution in [0.25, 0.3) is 0 Å². The van der Waals surface area contributed by atoms with E-state index in [9.17, 15) is 9.59 Å². The maximum atomic E-state index is 13.7. The van der Waals surface area contributed by atoms with Crippen molar-refractivity contribution in [1.82, 2.24) is 4.90 Å². The highest BCUT2D eigenvalue weighted by atomic mass is 35.5. The van der Waals surface area contributed by atoms with Crippen LogP contribution in [0.1, 0.15) is 56.2 Å². The molecule has 1 aliphatic heterocycles. The molecule has 170 valence electrons. The Morgan fingerprint density at radius 3 is 2.47 bits per heavy atom. The van der Waals surface area contributed by atoms with Gasteiger partial charge < -0.3 is 9.64 Å². The van der Waals surface area contributed by atoms with E-state index in [-0.39, 0.29) is 36.4 Å². The molecule has 1 heterocycles. The smallest absolute Gasteiger partial charge is 0.328 e. The minimum atomic E-state index is -0.683. The number of likely N-dealkylation sites (tertiary alicyclic amines) is 1. The summed E-state index contributed by atoms with van der Waals surface area (Å²) in [4.78, 5) is 28.4. The number of hydrogen-bond donors (Lipinski definition) is 0. The van der Waals surface area contributed by atoms with Crippen molar-refractivity contribution in [1.29, 1.82) is 0 Å². The average molecular weight is 474 g/mol. The maximum Gasteiger partial charge on any atom is 0.328 e. The molecule has 1 aliphatic rings. The van der Waals surface area contributed by atoms with Gasteiger partial charge in [-0.25, -0.2) is 4.79 Å². The van der Waals surface area contributed by atoms with E-state index >= 15 is 0 Å². The minimum absolute atomic E-state index is 0.0527. The molecule has 0 saturated carbocycles. The normalized spacial score (nSPS) is 21.8. The summed E-state index contributed by atoms with van der Waals surface area (Å²) in [5.41, 5.74) is 1.95. The van der Waals surface area contributed by atoms with Gasteiger partial charge in [0.15, 0.2) is 0 Å². The first-order valence-corrected chi connectivity index (χ1v) is 11.8. The number of carbonyl (C=O) groups excluding carboxylic acids is 2. The van der Waals surface area contributed by atoms with E-state index < -0.39 is 6.04 Å². The molecule has 1 saturated heterocycles. The molecule has 32 heavy (non-hydrogen) atoms. The number of nitrogens with zero attached hydrogens (tertiary/aromatic N) is 1. The summed E-state index contributed by atoms with van der Waals surface area (Å²) < 4.78 is 5.36. The maximum absolute atomic E-state index is 13.7. The number of rotatable bonds is 8. The molecule has 2 aromatic rings. The molecule has 4 atom stereocenters. The number of allylic oxidation sites excluding steroid dienone is 1. The lowest BCUT2D eigenvalue weighted by molar-refractivity contribution is -0.162. The Labute approximate surface area is 200 Å². The van der Waals surface area contributed by atoms with Crippen LogP contribution < -0.4 is 0 Å². The predicted molar refractivity (Wildman–Crippen MR) is 129 cm³/mol. The molecule has 0 N–H and O–H groups in total. The third kappa shape index (κ3) is 5.19. The van der Waals surface area contributed by atoms with Gasteiger partial charge in [-0.3, -0.25) is 4.79 Å². The largest absolute Gasteiger partial charge is 0.464 e. The topological polar surface area (TPSA) is 46.6 Å². The van der Waals surface area contributed by atoms with E-state index in [1.54, 1.807) is 17.9 Å². The Kier molecular flexibility index (Phi) is 8.38. The summed E-state index contributed by atoms with van der Waals surface area (Å²) in [7, 11) is 0. The first kappa shape index (κ1) is 24.3. The standard InChI is InChI=1S/C26H29Cl2NO3/c1-4-8-19-16-22(18-9-7-10-21(28)15-18)24(17-11-13-20(27)14-12-17)29(25(19)30)23(5-2)26(31)32-6-3/h4,7,9-15,19,22-24H,1,5-6,8,16H2,2-3H3/t19-,22+,23-,24?/m0/s1. The molecule has 1 unspecified atom stereocenters. The number of piperidine rings is 1. The summed E-state index contributed by atoms with van der Waals surface area (Å²) in [6, 6.07) is 14.2. The van der Waals surface area contributed by atoms with Crippen LogP contribution in [0.4, 0.5) is 0 Å². The van der Waals surface area contributed by atoms with Gasteiger partial charge in [-0.2, -0.15) is 0 Å². The zero-order valence-electron chi connectivity index (χ0n) is 18.5. The number of esters is 1. The monoisotopic (exact) mass is 473 g/mol. The van der Waals surface area contributed by atoms with Gasteiger partial charge in [0.05, 0.1) is 12.6 Å². The van der Waals surface area contributed by atoms with Gasteiger partial charge in [0, 0.05) is 21.9 Å². The summed E-state index contributed by atoms with van der Waals surface area (Å²) in [6.07, 6.45) is 3.40. The van der Waals surface area contributed by atoms with Gasteiger partial charge in [-0.1, -0.05) is 60.5 Å². The molecule has 3 rings (SSSR count). The van der Waals surface area contributed by atoms with Crippen molar-refractivity contribution in [3.8, 4) is 0 Å². The quantitative estimate of drug-likeness (QED) is 0.321. The van der Waals surface area contributed by atoms with Crippen molar-refractivity contribution in [2.45, 2.75) is 51.1 Å². The Hall–Kier alpha value is -2.30. The van der Waals surface area contributed by atoms with Crippen LogP contribution in [0.15, 0.2) is 61.2 Å². The van der Waals surface area contributed by atoms with Crippen LogP contribution in [-0.4, -0.2) is 29.4 Å². The number of halogens is 2. The number of carbonyl (C=O) groups is 2. The van der Waals surface area contributed by atoms with E-state index in [0.717, 1.165) is 11.1 Å². The van der Waals surface area contributed by atoms with E-state index in [2.05, 4.69) is 6.58 Å². The number of benzene rings is 2. The number of hydrogen-bond acceptors (Lipinski definition) is 3. The van der Waals surface area contributed by atoms with Crippen molar-refractivity contribution >= 4 is 35.1 Å². The fourth-order valence-electron chi connectivity index (χ4n) is 4.65. The van der Waals surface area contributed by atoms with Crippen LogP contribution in [0.3, 0.4) is 0 Å². The van der Waals surface area contributed by atoms with Crippen LogP contribution in [-0.2, 0) is 14.3 Å². The van der Waals surface area contributed by atoms with E-state index in [0.29, 0.717) is 29.3 Å². The molecule has 0 aromatic heterocycles. The summed E-state index contributed by atoms with van der Waals surface area (Å²) >= 11 is 12.5. The second-order valence-corrected chi connectivity index (χ2v) is 8.91. The van der Waals surface area contributed by atoms with Gasteiger partial charge in [0.2, 0.25) is 5.91 Å². The van der Waals surface area contributed by atoms with Crippen molar-refractivity contribution in [3.63, 3.8) is 0 Å². The highest BCUT2D eigenvalue weighted by Gasteiger charge is 2.47. The number of ether oxygens (including phenoxy) is 1. The molecule has 6 heteroatoms. The fourth-order valence-corrected chi connectivity index (χ4v) is 4.97. The molecule has 0 radical (unpaired) electrons. The van der Waals surface area contributed by atoms with Gasteiger partial charge in [0.1, 0.15) is 6.04 Å². The van der Waals surface area contributed by atoms with Crippen LogP contribution >= 0.6 is 23.2 Å². The predicted octanol–water partition coefficient (Wildman–Crippen LogP) is 6.58. The molecule has 1 amide bonds. The van der Waals surface area contributed by atoms with Crippen molar-refractivity contribution in [3.05, 3.63) is 82.4 Å². The zero-order chi connectivity index (χ0) is 23.3. The minimum Gasteiger partial charge on any atom is -0.464 e. The Morgan fingerprint density at radius 2 is 1.88 bits per heavy atom. The molecule has 0 bridgehead atoms. The molecule has 4 nitrogen and oxygen atoms in total. The third-order valence-electron chi connectivity index (χ3n) is 6.04. The fraction of sp³-hybridized carbons (Fsp3) is 0.385. The summed E-state index contributed by atoms with van der Waals surface area (Å²) in [6.45, 7) is 7.78. The third-order valence-corrected chi connectivity index (χ3v) is 6.53. The van der Waals surface area contributed by atoms with Gasteiger partial charge in [0.25, 0.3) is 0 Å². The molecular formula is C26H29Cl2NO3. The van der Waals surface area contributed by atoms with E-state index in [4.69, 9.17) is 27.9 Å². The van der Waals surface area contributed by atoms with E-state index in [1.165, 1.54) is 0 Å². The Balaban J connectivity index is 2.19. The lowest BCUT2D eigenvalue weighted by atomic mass is 9.74. The Morgan fingerprint density at radius 1 is 1.16 bits per heavy atom. The first-order chi connectivity index (χ1) is 15.4. The molecule has 0 spiro atoms. The second kappa shape index (κ2) is 11.0. The van der Waals surface area contributed by atoms with Crippen LogP contribution in [0, 0.1) is 5.92 Å². The highest BCUT2D eigenvalue weighted by molar-refractivity contribution is 6.30. The number of amides is 1. The summed E-state index contributed by atoms with van der Waals surface area (Å²) in [5, 5.41) is 1.25. The zero-order valence-corrected chi connectivity index (χ0v) is 20.0. The van der Waals surface area contributed by atoms with Crippen LogP contribution in [0.5, 0.6) is 0 Å². The van der Waals surface area contributed by atoms with Gasteiger partial charge in [-0.15, -0.1) is 6.58 Å². The molecular weight excluding hydrogens is 445 g/mol. The lowest BCUT2D eigenvalue weighted by Gasteiger charge is -2.47. The second-order valence-electron chi connectivity index (χ2n) is 8.04. The first-order valence-electron chi connectivity index (χ1n) is 11.0. The molecule has 0 aliphatic carbocycles. The van der Waals surface area contributed by atoms with Gasteiger partial charge in [-0.05, 0) is 61.6 Å². The van der Waals surface area contributed by atoms with Crippen molar-refractivity contribution in [2.24, 2.45) is 5.92 Å². The Bertz CT molecular complexity index is 960. The van der Waals surface area contributed by atoms with Crippen LogP contribution in [0.2, 0.25) is 10.0 Å². The molecule has 1 fully saturated rings. The van der Waals surface area contributed by atoms with Gasteiger partial charge >= 0.3 is 5.97 Å². The average Bonchev–Trinajstić information content (AvgIpc) is 2.77.